The number of para-hydroxylation sites is 1. The lowest BCUT2D eigenvalue weighted by Gasteiger charge is -2.38. The first-order valence-corrected chi connectivity index (χ1v) is 10.5. The predicted octanol–water partition coefficient (Wildman–Crippen LogP) is 3.79. The van der Waals surface area contributed by atoms with Crippen molar-refractivity contribution in [3.63, 3.8) is 0 Å². The van der Waals surface area contributed by atoms with Crippen LogP contribution in [-0.2, 0) is 6.54 Å². The number of benzene rings is 2. The second-order valence-corrected chi connectivity index (χ2v) is 8.18. The quantitative estimate of drug-likeness (QED) is 0.502. The first-order valence-electron chi connectivity index (χ1n) is 10.5. The maximum atomic E-state index is 12.2. The summed E-state index contributed by atoms with van der Waals surface area (Å²) in [7, 11) is 1.76. The van der Waals surface area contributed by atoms with Crippen LogP contribution in [0.5, 0.6) is 5.75 Å². The van der Waals surface area contributed by atoms with Crippen molar-refractivity contribution in [3.05, 3.63) is 65.2 Å². The van der Waals surface area contributed by atoms with Crippen LogP contribution in [0.3, 0.4) is 0 Å². The van der Waals surface area contributed by atoms with Crippen LogP contribution in [0.4, 0.5) is 0 Å². The van der Waals surface area contributed by atoms with Gasteiger partial charge in [0.05, 0.1) is 6.04 Å². The lowest BCUT2D eigenvalue weighted by Crippen LogP contribution is -2.45. The Morgan fingerprint density at radius 3 is 2.73 bits per heavy atom. The van der Waals surface area contributed by atoms with Gasteiger partial charge in [0.15, 0.2) is 5.96 Å². The highest BCUT2D eigenvalue weighted by atomic mass is 16.5. The highest BCUT2D eigenvalue weighted by Gasteiger charge is 2.33. The molecule has 30 heavy (non-hydrogen) atoms. The Bertz CT molecular complexity index is 908. The minimum atomic E-state index is -0.259. The summed E-state index contributed by atoms with van der Waals surface area (Å²) >= 11 is 0. The van der Waals surface area contributed by atoms with E-state index in [-0.39, 0.29) is 17.6 Å². The van der Waals surface area contributed by atoms with Crippen molar-refractivity contribution >= 4 is 11.9 Å². The summed E-state index contributed by atoms with van der Waals surface area (Å²) < 4.78 is 6.12. The number of rotatable bonds is 6. The predicted molar refractivity (Wildman–Crippen MR) is 121 cm³/mol. The maximum Gasteiger partial charge on any atom is 0.251 e. The van der Waals surface area contributed by atoms with Gasteiger partial charge in [-0.25, -0.2) is 0 Å². The van der Waals surface area contributed by atoms with Crippen LogP contribution in [0.15, 0.2) is 53.5 Å². The molecule has 0 saturated heterocycles. The molecule has 0 radical (unpaired) electrons. The van der Waals surface area contributed by atoms with Gasteiger partial charge in [0.1, 0.15) is 11.4 Å². The molecule has 2 aromatic carbocycles. The van der Waals surface area contributed by atoms with E-state index in [1.807, 2.05) is 49.4 Å². The van der Waals surface area contributed by atoms with E-state index in [0.29, 0.717) is 24.6 Å². The number of ether oxygens (including phenoxy) is 1. The fourth-order valence-corrected chi connectivity index (χ4v) is 3.64. The molecule has 3 rings (SSSR count). The van der Waals surface area contributed by atoms with Crippen molar-refractivity contribution in [1.82, 2.24) is 16.0 Å². The lowest BCUT2D eigenvalue weighted by atomic mass is 9.90. The van der Waals surface area contributed by atoms with Crippen LogP contribution in [-0.4, -0.2) is 31.1 Å². The summed E-state index contributed by atoms with van der Waals surface area (Å²) in [6, 6.07) is 15.9. The van der Waals surface area contributed by atoms with Gasteiger partial charge in [-0.2, -0.15) is 0 Å². The number of amides is 1. The minimum absolute atomic E-state index is 0.0396. The van der Waals surface area contributed by atoms with Crippen molar-refractivity contribution in [1.29, 1.82) is 0 Å². The number of guanidine groups is 1. The topological polar surface area (TPSA) is 74.8 Å². The molecule has 0 aromatic heterocycles. The molecule has 1 amide bonds. The second-order valence-electron chi connectivity index (χ2n) is 8.18. The zero-order valence-electron chi connectivity index (χ0n) is 18.3. The van der Waals surface area contributed by atoms with E-state index < -0.39 is 0 Å². The number of carbonyl (C=O) groups is 1. The third kappa shape index (κ3) is 5.53. The average molecular weight is 409 g/mol. The molecular formula is C24H32N4O2. The fourth-order valence-electron chi connectivity index (χ4n) is 3.64. The Labute approximate surface area is 179 Å². The van der Waals surface area contributed by atoms with Gasteiger partial charge >= 0.3 is 0 Å². The Morgan fingerprint density at radius 1 is 1.17 bits per heavy atom. The monoisotopic (exact) mass is 408 g/mol. The fraction of sp³-hybridized carbons (Fsp3) is 0.417. The van der Waals surface area contributed by atoms with E-state index in [9.17, 15) is 4.79 Å². The van der Waals surface area contributed by atoms with Crippen LogP contribution in [0, 0.1) is 0 Å². The number of nitrogens with zero attached hydrogens (tertiary/aromatic N) is 1. The molecule has 6 nitrogen and oxygen atoms in total. The molecule has 160 valence electrons. The number of fused-ring (bicyclic) bond motifs is 1. The van der Waals surface area contributed by atoms with Gasteiger partial charge in [0.2, 0.25) is 0 Å². The number of aliphatic imine (C=N–C) groups is 1. The highest BCUT2D eigenvalue weighted by Crippen LogP contribution is 2.39. The van der Waals surface area contributed by atoms with Crippen molar-refractivity contribution in [2.45, 2.75) is 51.8 Å². The van der Waals surface area contributed by atoms with Crippen LogP contribution in [0.2, 0.25) is 0 Å². The largest absolute Gasteiger partial charge is 0.487 e. The van der Waals surface area contributed by atoms with Crippen molar-refractivity contribution < 1.29 is 9.53 Å². The molecule has 0 saturated carbocycles. The molecule has 0 bridgehead atoms. The normalized spacial score (nSPS) is 17.5. The summed E-state index contributed by atoms with van der Waals surface area (Å²) in [6.07, 6.45) is 1.75. The Balaban J connectivity index is 1.65. The molecular weight excluding hydrogens is 376 g/mol. The highest BCUT2D eigenvalue weighted by molar-refractivity contribution is 5.94. The van der Waals surface area contributed by atoms with Crippen LogP contribution < -0.4 is 20.7 Å². The SMILES string of the molecule is CCCNC(=O)c1cccc(CNC(=NC)NC2CC(C)(C)Oc3ccccc32)c1. The maximum absolute atomic E-state index is 12.2. The standard InChI is InChI=1S/C24H32N4O2/c1-5-13-26-22(29)18-10-8-9-17(14-18)16-27-23(25-4)28-20-15-24(2,3)30-21-12-7-6-11-19(20)21/h6-12,14,20H,5,13,15-16H2,1-4H3,(H,26,29)(H2,25,27,28). The lowest BCUT2D eigenvalue weighted by molar-refractivity contribution is 0.0694. The Kier molecular flexibility index (Phi) is 6.98. The number of hydrogen-bond acceptors (Lipinski definition) is 3. The van der Waals surface area contributed by atoms with Crippen molar-refractivity contribution in [2.75, 3.05) is 13.6 Å². The molecule has 1 unspecified atom stereocenters. The van der Waals surface area contributed by atoms with Gasteiger partial charge in [-0.1, -0.05) is 37.3 Å². The summed E-state index contributed by atoms with van der Waals surface area (Å²) in [5, 5.41) is 9.82. The van der Waals surface area contributed by atoms with Gasteiger partial charge in [-0.05, 0) is 44.0 Å². The van der Waals surface area contributed by atoms with Crippen molar-refractivity contribution in [3.8, 4) is 5.75 Å². The Morgan fingerprint density at radius 2 is 1.97 bits per heavy atom. The van der Waals surface area contributed by atoms with E-state index >= 15 is 0 Å². The van der Waals surface area contributed by atoms with E-state index in [0.717, 1.165) is 29.7 Å². The summed E-state index contributed by atoms with van der Waals surface area (Å²) in [5.74, 6) is 1.59. The van der Waals surface area contributed by atoms with Gasteiger partial charge < -0.3 is 20.7 Å². The number of carbonyl (C=O) groups excluding carboxylic acids is 1. The van der Waals surface area contributed by atoms with Crippen LogP contribution in [0.25, 0.3) is 0 Å². The van der Waals surface area contributed by atoms with Gasteiger partial charge in [0, 0.05) is 37.7 Å². The minimum Gasteiger partial charge on any atom is -0.487 e. The molecule has 1 aliphatic heterocycles. The zero-order chi connectivity index (χ0) is 21.6. The molecule has 0 fully saturated rings. The Hall–Kier alpha value is -3.02. The molecule has 1 heterocycles. The van der Waals surface area contributed by atoms with Gasteiger partial charge in [-0.15, -0.1) is 0 Å². The number of nitrogens with one attached hydrogen (secondary N) is 3. The van der Waals surface area contributed by atoms with E-state index in [1.165, 1.54) is 0 Å². The summed E-state index contributed by atoms with van der Waals surface area (Å²) in [6.45, 7) is 7.49. The van der Waals surface area contributed by atoms with Crippen molar-refractivity contribution in [2.24, 2.45) is 4.99 Å². The molecule has 0 aliphatic carbocycles. The zero-order valence-corrected chi connectivity index (χ0v) is 18.3. The number of hydrogen-bond donors (Lipinski definition) is 3. The molecule has 1 atom stereocenters. The first-order chi connectivity index (χ1) is 14.4. The summed E-state index contributed by atoms with van der Waals surface area (Å²) in [5.41, 5.74) is 2.57. The molecule has 1 aliphatic rings. The third-order valence-electron chi connectivity index (χ3n) is 5.10. The molecule has 6 heteroatoms. The van der Waals surface area contributed by atoms with E-state index in [4.69, 9.17) is 4.74 Å². The smallest absolute Gasteiger partial charge is 0.251 e. The third-order valence-corrected chi connectivity index (χ3v) is 5.10. The second kappa shape index (κ2) is 9.65. The molecule has 0 spiro atoms. The van der Waals surface area contributed by atoms with E-state index in [1.54, 1.807) is 7.05 Å². The molecule has 2 aromatic rings. The van der Waals surface area contributed by atoms with Gasteiger partial charge in [-0.3, -0.25) is 9.79 Å². The van der Waals surface area contributed by atoms with Crippen LogP contribution >= 0.6 is 0 Å². The van der Waals surface area contributed by atoms with Crippen LogP contribution in [0.1, 0.15) is 61.1 Å². The van der Waals surface area contributed by atoms with Gasteiger partial charge in [0.25, 0.3) is 5.91 Å². The average Bonchev–Trinajstić information content (AvgIpc) is 2.74. The molecule has 3 N–H and O–H groups in total. The first kappa shape index (κ1) is 21.7. The van der Waals surface area contributed by atoms with E-state index in [2.05, 4.69) is 40.9 Å². The summed E-state index contributed by atoms with van der Waals surface area (Å²) in [4.78, 5) is 16.6.